The molecule has 1 aromatic carbocycles. The summed E-state index contributed by atoms with van der Waals surface area (Å²) in [5, 5.41) is 10.1. The molecule has 0 radical (unpaired) electrons. The molecule has 0 saturated carbocycles. The van der Waals surface area contributed by atoms with Crippen LogP contribution in [0.4, 0.5) is 13.2 Å². The van der Waals surface area contributed by atoms with Crippen LogP contribution in [-0.2, 0) is 0 Å². The zero-order valence-electron chi connectivity index (χ0n) is 8.92. The Morgan fingerprint density at radius 2 is 1.83 bits per heavy atom. The van der Waals surface area contributed by atoms with Crippen LogP contribution in [0.25, 0.3) is 0 Å². The molecule has 0 fully saturated rings. The summed E-state index contributed by atoms with van der Waals surface area (Å²) in [7, 11) is 0. The van der Waals surface area contributed by atoms with Crippen LogP contribution in [0.15, 0.2) is 18.2 Å². The van der Waals surface area contributed by atoms with Crippen LogP contribution < -0.4 is 5.73 Å². The largest absolute Gasteiger partial charge is 0.403 e. The van der Waals surface area contributed by atoms with E-state index in [1.54, 1.807) is 0 Å². The highest BCUT2D eigenvalue weighted by Gasteiger charge is 2.38. The van der Waals surface area contributed by atoms with E-state index < -0.39 is 24.7 Å². The Balaban J connectivity index is 0.00000289. The standard InChI is InChI=1S/C10H10Cl2F3NO.ClH/c11-5-1-2-6(7(12)3-5)8(17)4-9(16)10(13,14)15;/h1-3,8-9,17H,4,16H2;1H/t8-,9-;/m1./s1. The first kappa shape index (κ1) is 17.8. The number of benzene rings is 1. The van der Waals surface area contributed by atoms with E-state index in [1.165, 1.54) is 18.2 Å². The van der Waals surface area contributed by atoms with E-state index in [9.17, 15) is 18.3 Å². The lowest BCUT2D eigenvalue weighted by molar-refractivity contribution is -0.153. The lowest BCUT2D eigenvalue weighted by atomic mass is 10.0. The molecule has 0 aliphatic rings. The first-order chi connectivity index (χ1) is 7.71. The Morgan fingerprint density at radius 1 is 1.28 bits per heavy atom. The number of hydrogen-bond acceptors (Lipinski definition) is 2. The summed E-state index contributed by atoms with van der Waals surface area (Å²) in [4.78, 5) is 0. The second kappa shape index (κ2) is 6.82. The molecule has 0 aliphatic heterocycles. The Kier molecular flexibility index (Phi) is 6.74. The minimum Gasteiger partial charge on any atom is -0.388 e. The predicted molar refractivity (Wildman–Crippen MR) is 67.3 cm³/mol. The summed E-state index contributed by atoms with van der Waals surface area (Å²) in [6.07, 6.45) is -6.57. The molecule has 0 heterocycles. The van der Waals surface area contributed by atoms with Gasteiger partial charge in [-0.25, -0.2) is 0 Å². The van der Waals surface area contributed by atoms with Crippen LogP contribution >= 0.6 is 35.6 Å². The van der Waals surface area contributed by atoms with Gasteiger partial charge in [-0.05, 0) is 17.7 Å². The molecule has 3 N–H and O–H groups in total. The molecule has 1 rings (SSSR count). The van der Waals surface area contributed by atoms with Crippen molar-refractivity contribution in [2.75, 3.05) is 0 Å². The van der Waals surface area contributed by atoms with Gasteiger partial charge in [0, 0.05) is 16.5 Å². The van der Waals surface area contributed by atoms with Gasteiger partial charge < -0.3 is 10.8 Å². The van der Waals surface area contributed by atoms with Crippen molar-refractivity contribution in [3.8, 4) is 0 Å². The van der Waals surface area contributed by atoms with Crippen molar-refractivity contribution in [2.24, 2.45) is 5.73 Å². The van der Waals surface area contributed by atoms with E-state index in [-0.39, 0.29) is 23.0 Å². The van der Waals surface area contributed by atoms with Crippen LogP contribution in [-0.4, -0.2) is 17.3 Å². The first-order valence-corrected chi connectivity index (χ1v) is 5.42. The maximum atomic E-state index is 12.2. The van der Waals surface area contributed by atoms with Crippen LogP contribution in [0.2, 0.25) is 10.0 Å². The van der Waals surface area contributed by atoms with Crippen molar-refractivity contribution in [1.82, 2.24) is 0 Å². The van der Waals surface area contributed by atoms with Crippen molar-refractivity contribution in [3.63, 3.8) is 0 Å². The molecule has 0 aliphatic carbocycles. The number of aliphatic hydroxyl groups is 1. The second-order valence-corrected chi connectivity index (χ2v) is 4.41. The van der Waals surface area contributed by atoms with Crippen molar-refractivity contribution in [2.45, 2.75) is 24.7 Å². The molecule has 0 unspecified atom stereocenters. The molecular formula is C10H11Cl3F3NO. The maximum absolute atomic E-state index is 12.2. The molecule has 18 heavy (non-hydrogen) atoms. The van der Waals surface area contributed by atoms with Crippen molar-refractivity contribution in [3.05, 3.63) is 33.8 Å². The molecule has 0 amide bonds. The van der Waals surface area contributed by atoms with Crippen LogP contribution in [0.3, 0.4) is 0 Å². The number of hydrogen-bond donors (Lipinski definition) is 2. The summed E-state index contributed by atoms with van der Waals surface area (Å²) in [5.74, 6) is 0. The lowest BCUT2D eigenvalue weighted by Gasteiger charge is -2.20. The normalized spacial score (nSPS) is 14.8. The van der Waals surface area contributed by atoms with E-state index in [1.807, 2.05) is 0 Å². The van der Waals surface area contributed by atoms with Gasteiger partial charge in [-0.3, -0.25) is 0 Å². The van der Waals surface area contributed by atoms with E-state index in [4.69, 9.17) is 28.9 Å². The van der Waals surface area contributed by atoms with Crippen molar-refractivity contribution in [1.29, 1.82) is 0 Å². The van der Waals surface area contributed by atoms with Gasteiger partial charge in [0.2, 0.25) is 0 Å². The van der Waals surface area contributed by atoms with Crippen LogP contribution in [0.5, 0.6) is 0 Å². The highest BCUT2D eigenvalue weighted by molar-refractivity contribution is 6.35. The average Bonchev–Trinajstić information content (AvgIpc) is 2.15. The van der Waals surface area contributed by atoms with Crippen LogP contribution in [0, 0.1) is 0 Å². The van der Waals surface area contributed by atoms with E-state index in [2.05, 4.69) is 0 Å². The Labute approximate surface area is 118 Å². The molecule has 2 nitrogen and oxygen atoms in total. The Morgan fingerprint density at radius 3 is 2.28 bits per heavy atom. The molecule has 0 aromatic heterocycles. The average molecular weight is 325 g/mol. The molecule has 1 aromatic rings. The number of halogens is 6. The van der Waals surface area contributed by atoms with Gasteiger partial charge in [0.25, 0.3) is 0 Å². The SMILES string of the molecule is Cl.N[C@H](C[C@@H](O)c1ccc(Cl)cc1Cl)C(F)(F)F. The molecule has 2 atom stereocenters. The number of nitrogens with two attached hydrogens (primary N) is 1. The summed E-state index contributed by atoms with van der Waals surface area (Å²) in [6.45, 7) is 0. The van der Waals surface area contributed by atoms with Gasteiger partial charge in [0.1, 0.15) is 6.04 Å². The fourth-order valence-corrected chi connectivity index (χ4v) is 1.81. The molecular weight excluding hydrogens is 313 g/mol. The summed E-state index contributed by atoms with van der Waals surface area (Å²) in [5.41, 5.74) is 5.09. The smallest absolute Gasteiger partial charge is 0.388 e. The van der Waals surface area contributed by atoms with Crippen LogP contribution in [0.1, 0.15) is 18.1 Å². The van der Waals surface area contributed by atoms with Gasteiger partial charge in [-0.15, -0.1) is 12.4 Å². The Bertz CT molecular complexity index is 400. The third-order valence-corrected chi connectivity index (χ3v) is 2.78. The van der Waals surface area contributed by atoms with E-state index in [0.29, 0.717) is 5.02 Å². The van der Waals surface area contributed by atoms with Gasteiger partial charge in [0.15, 0.2) is 0 Å². The third kappa shape index (κ3) is 4.82. The lowest BCUT2D eigenvalue weighted by Crippen LogP contribution is -2.38. The third-order valence-electron chi connectivity index (χ3n) is 2.22. The Hall–Kier alpha value is -0.200. The number of rotatable bonds is 3. The highest BCUT2D eigenvalue weighted by Crippen LogP contribution is 2.31. The minimum atomic E-state index is -4.54. The summed E-state index contributed by atoms with van der Waals surface area (Å²) in [6, 6.07) is 2.06. The quantitative estimate of drug-likeness (QED) is 0.890. The zero-order chi connectivity index (χ0) is 13.2. The molecule has 8 heteroatoms. The first-order valence-electron chi connectivity index (χ1n) is 4.67. The maximum Gasteiger partial charge on any atom is 0.403 e. The van der Waals surface area contributed by atoms with E-state index in [0.717, 1.165) is 0 Å². The fourth-order valence-electron chi connectivity index (χ4n) is 1.27. The van der Waals surface area contributed by atoms with Crippen molar-refractivity contribution < 1.29 is 18.3 Å². The monoisotopic (exact) mass is 323 g/mol. The molecule has 0 spiro atoms. The number of alkyl halides is 3. The topological polar surface area (TPSA) is 46.2 Å². The van der Waals surface area contributed by atoms with Gasteiger partial charge in [-0.2, -0.15) is 13.2 Å². The van der Waals surface area contributed by atoms with Gasteiger partial charge in [0.05, 0.1) is 6.10 Å². The molecule has 0 bridgehead atoms. The van der Waals surface area contributed by atoms with Gasteiger partial charge in [-0.1, -0.05) is 29.3 Å². The minimum absolute atomic E-state index is 0. The predicted octanol–water partition coefficient (Wildman–Crippen LogP) is 3.73. The molecule has 104 valence electrons. The van der Waals surface area contributed by atoms with E-state index >= 15 is 0 Å². The molecule has 0 saturated heterocycles. The summed E-state index contributed by atoms with van der Waals surface area (Å²) < 4.78 is 36.6. The summed E-state index contributed by atoms with van der Waals surface area (Å²) >= 11 is 11.4. The van der Waals surface area contributed by atoms with Crippen molar-refractivity contribution >= 4 is 35.6 Å². The number of aliphatic hydroxyl groups excluding tert-OH is 1. The van der Waals surface area contributed by atoms with Gasteiger partial charge >= 0.3 is 6.18 Å². The fraction of sp³-hybridized carbons (Fsp3) is 0.400. The zero-order valence-corrected chi connectivity index (χ0v) is 11.2. The highest BCUT2D eigenvalue weighted by atomic mass is 35.5. The second-order valence-electron chi connectivity index (χ2n) is 3.57.